The molecule has 3 atom stereocenters. The molecule has 0 spiro atoms. The molecule has 0 aromatic carbocycles. The van der Waals surface area contributed by atoms with Crippen molar-refractivity contribution in [1.82, 2.24) is 0 Å². The number of hydrogen-bond donors (Lipinski definition) is 1. The number of carbonyl (C=O) groups is 1. The van der Waals surface area contributed by atoms with Crippen molar-refractivity contribution in [3.05, 3.63) is 0 Å². The van der Waals surface area contributed by atoms with Crippen molar-refractivity contribution in [1.29, 1.82) is 0 Å². The highest BCUT2D eigenvalue weighted by Crippen LogP contribution is 2.35. The Bertz CT molecular complexity index is 213. The van der Waals surface area contributed by atoms with E-state index in [1.165, 1.54) is 12.8 Å². The van der Waals surface area contributed by atoms with Crippen LogP contribution in [0, 0.1) is 17.8 Å². The van der Waals surface area contributed by atoms with Crippen LogP contribution in [-0.2, 0) is 9.53 Å². The van der Waals surface area contributed by atoms with E-state index in [0.29, 0.717) is 17.8 Å². The molecular formula is C12H22O3. The Morgan fingerprint density at radius 1 is 1.47 bits per heavy atom. The lowest BCUT2D eigenvalue weighted by Gasteiger charge is -2.36. The summed E-state index contributed by atoms with van der Waals surface area (Å²) in [7, 11) is 0. The fraction of sp³-hybridized carbons (Fsp3) is 0.917. The van der Waals surface area contributed by atoms with Gasteiger partial charge in [0.25, 0.3) is 0 Å². The van der Waals surface area contributed by atoms with E-state index in [2.05, 4.69) is 20.8 Å². The second-order valence-electron chi connectivity index (χ2n) is 5.07. The molecular weight excluding hydrogens is 192 g/mol. The third-order valence-corrected chi connectivity index (χ3v) is 3.38. The highest BCUT2D eigenvalue weighted by atomic mass is 16.5. The topological polar surface area (TPSA) is 46.5 Å². The van der Waals surface area contributed by atoms with E-state index in [0.717, 1.165) is 6.42 Å². The Morgan fingerprint density at radius 3 is 2.67 bits per heavy atom. The molecule has 0 amide bonds. The lowest BCUT2D eigenvalue weighted by atomic mass is 9.75. The van der Waals surface area contributed by atoms with Gasteiger partial charge in [-0.2, -0.15) is 0 Å². The van der Waals surface area contributed by atoms with Crippen molar-refractivity contribution < 1.29 is 14.6 Å². The van der Waals surface area contributed by atoms with Crippen LogP contribution >= 0.6 is 0 Å². The number of ether oxygens (including phenoxy) is 1. The zero-order valence-corrected chi connectivity index (χ0v) is 9.90. The summed E-state index contributed by atoms with van der Waals surface area (Å²) in [6.07, 6.45) is 3.57. The zero-order chi connectivity index (χ0) is 11.4. The lowest BCUT2D eigenvalue weighted by Crippen LogP contribution is -2.35. The molecule has 0 radical (unpaired) electrons. The minimum Gasteiger partial charge on any atom is -0.480 e. The van der Waals surface area contributed by atoms with Gasteiger partial charge >= 0.3 is 5.97 Å². The molecule has 2 unspecified atom stereocenters. The van der Waals surface area contributed by atoms with Crippen LogP contribution < -0.4 is 0 Å². The first-order valence-corrected chi connectivity index (χ1v) is 5.84. The molecule has 15 heavy (non-hydrogen) atoms. The van der Waals surface area contributed by atoms with Crippen LogP contribution in [0.1, 0.15) is 40.0 Å². The van der Waals surface area contributed by atoms with E-state index in [4.69, 9.17) is 9.84 Å². The van der Waals surface area contributed by atoms with Crippen LogP contribution in [0.4, 0.5) is 0 Å². The minimum atomic E-state index is -0.865. The van der Waals surface area contributed by atoms with Gasteiger partial charge in [-0.3, -0.25) is 0 Å². The molecule has 0 aliphatic heterocycles. The Hall–Kier alpha value is -0.570. The highest BCUT2D eigenvalue weighted by Gasteiger charge is 2.31. The third-order valence-electron chi connectivity index (χ3n) is 3.38. The second-order valence-corrected chi connectivity index (χ2v) is 5.07. The average Bonchev–Trinajstić information content (AvgIpc) is 2.14. The van der Waals surface area contributed by atoms with Crippen molar-refractivity contribution in [2.24, 2.45) is 17.8 Å². The molecule has 88 valence electrons. The fourth-order valence-corrected chi connectivity index (χ4v) is 2.48. The van der Waals surface area contributed by atoms with Gasteiger partial charge in [-0.1, -0.05) is 27.2 Å². The van der Waals surface area contributed by atoms with Gasteiger partial charge in [0.05, 0.1) is 6.10 Å². The molecule has 1 rings (SSSR count). The van der Waals surface area contributed by atoms with Crippen LogP contribution in [0.5, 0.6) is 0 Å². The summed E-state index contributed by atoms with van der Waals surface area (Å²) in [4.78, 5) is 10.5. The summed E-state index contributed by atoms with van der Waals surface area (Å²) in [5, 5.41) is 8.61. The van der Waals surface area contributed by atoms with E-state index in [1.54, 1.807) is 0 Å². The van der Waals surface area contributed by atoms with Gasteiger partial charge in [0.15, 0.2) is 0 Å². The standard InChI is InChI=1S/C12H22O3/c1-8(2)10-5-4-9(3)6-11(10)15-7-12(13)14/h8-11H,4-7H2,1-3H3,(H,13,14)/t9-,10?,11?/m1/s1. The maximum atomic E-state index is 10.5. The number of rotatable bonds is 4. The van der Waals surface area contributed by atoms with Gasteiger partial charge < -0.3 is 9.84 Å². The SMILES string of the molecule is CC(C)C1CC[C@@H](C)CC1OCC(=O)O. The molecule has 1 aliphatic rings. The van der Waals surface area contributed by atoms with Crippen LogP contribution in [0.15, 0.2) is 0 Å². The second kappa shape index (κ2) is 5.50. The van der Waals surface area contributed by atoms with Crippen LogP contribution in [0.2, 0.25) is 0 Å². The molecule has 3 heteroatoms. The first-order valence-electron chi connectivity index (χ1n) is 5.84. The van der Waals surface area contributed by atoms with Crippen LogP contribution in [0.25, 0.3) is 0 Å². The largest absolute Gasteiger partial charge is 0.480 e. The maximum absolute atomic E-state index is 10.5. The summed E-state index contributed by atoms with van der Waals surface area (Å²) >= 11 is 0. The van der Waals surface area contributed by atoms with Gasteiger partial charge in [-0.15, -0.1) is 0 Å². The maximum Gasteiger partial charge on any atom is 0.329 e. The summed E-state index contributed by atoms with van der Waals surface area (Å²) in [6.45, 7) is 6.45. The molecule has 1 fully saturated rings. The quantitative estimate of drug-likeness (QED) is 0.782. The molecule has 0 saturated heterocycles. The van der Waals surface area contributed by atoms with E-state index in [9.17, 15) is 4.79 Å². The molecule has 1 aliphatic carbocycles. The summed E-state index contributed by atoms with van der Waals surface area (Å²) in [6, 6.07) is 0. The molecule has 0 bridgehead atoms. The van der Waals surface area contributed by atoms with Gasteiger partial charge in [-0.05, 0) is 30.6 Å². The number of carboxylic acid groups (broad SMARTS) is 1. The van der Waals surface area contributed by atoms with Crippen molar-refractivity contribution in [3.8, 4) is 0 Å². The molecule has 1 N–H and O–H groups in total. The Labute approximate surface area is 91.8 Å². The molecule has 3 nitrogen and oxygen atoms in total. The number of hydrogen-bond acceptors (Lipinski definition) is 2. The predicted octanol–water partition coefficient (Wildman–Crippen LogP) is 2.55. The van der Waals surface area contributed by atoms with E-state index < -0.39 is 5.97 Å². The van der Waals surface area contributed by atoms with Gasteiger partial charge in [0.1, 0.15) is 6.61 Å². The molecule has 0 aromatic rings. The summed E-state index contributed by atoms with van der Waals surface area (Å²) in [5.74, 6) is 0.909. The normalized spacial score (nSPS) is 31.9. The van der Waals surface area contributed by atoms with Crippen molar-refractivity contribution in [2.45, 2.75) is 46.1 Å². The van der Waals surface area contributed by atoms with Crippen LogP contribution in [-0.4, -0.2) is 23.8 Å². The van der Waals surface area contributed by atoms with Gasteiger partial charge in [-0.25, -0.2) is 4.79 Å². The van der Waals surface area contributed by atoms with Crippen LogP contribution in [0.3, 0.4) is 0 Å². The average molecular weight is 214 g/mol. The smallest absolute Gasteiger partial charge is 0.329 e. The Balaban J connectivity index is 2.50. The predicted molar refractivity (Wildman–Crippen MR) is 58.7 cm³/mol. The number of carboxylic acids is 1. The first-order chi connectivity index (χ1) is 7.00. The number of aliphatic carboxylic acids is 1. The first kappa shape index (κ1) is 12.5. The minimum absolute atomic E-state index is 0.143. The van der Waals surface area contributed by atoms with Crippen molar-refractivity contribution >= 4 is 5.97 Å². The van der Waals surface area contributed by atoms with E-state index in [-0.39, 0.29) is 12.7 Å². The van der Waals surface area contributed by atoms with E-state index >= 15 is 0 Å². The van der Waals surface area contributed by atoms with E-state index in [1.807, 2.05) is 0 Å². The molecule has 0 heterocycles. The third kappa shape index (κ3) is 3.82. The van der Waals surface area contributed by atoms with Crippen molar-refractivity contribution in [2.75, 3.05) is 6.61 Å². The molecule has 1 saturated carbocycles. The van der Waals surface area contributed by atoms with Gasteiger partial charge in [0, 0.05) is 0 Å². The van der Waals surface area contributed by atoms with Gasteiger partial charge in [0.2, 0.25) is 0 Å². The summed E-state index contributed by atoms with van der Waals surface area (Å²) in [5.41, 5.74) is 0. The molecule has 0 aromatic heterocycles. The fourth-order valence-electron chi connectivity index (χ4n) is 2.48. The monoisotopic (exact) mass is 214 g/mol. The highest BCUT2D eigenvalue weighted by molar-refractivity contribution is 5.68. The zero-order valence-electron chi connectivity index (χ0n) is 9.90. The summed E-state index contributed by atoms with van der Waals surface area (Å²) < 4.78 is 5.49. The Morgan fingerprint density at radius 2 is 2.13 bits per heavy atom. The lowest BCUT2D eigenvalue weighted by molar-refractivity contribution is -0.147. The van der Waals surface area contributed by atoms with Crippen molar-refractivity contribution in [3.63, 3.8) is 0 Å². The Kier molecular flexibility index (Phi) is 4.58.